The van der Waals surface area contributed by atoms with Crippen molar-refractivity contribution in [2.45, 2.75) is 33.2 Å². The maximum atomic E-state index is 4.67. The van der Waals surface area contributed by atoms with Crippen LogP contribution in [0.3, 0.4) is 0 Å². The lowest BCUT2D eigenvalue weighted by molar-refractivity contribution is 0.113. The Bertz CT molecular complexity index is 669. The summed E-state index contributed by atoms with van der Waals surface area (Å²) in [5.74, 6) is 0. The van der Waals surface area contributed by atoms with Crippen LogP contribution in [0, 0.1) is 12.3 Å². The first-order valence-corrected chi connectivity index (χ1v) is 8.83. The van der Waals surface area contributed by atoms with Crippen LogP contribution in [0.1, 0.15) is 42.4 Å². The van der Waals surface area contributed by atoms with Gasteiger partial charge in [0.25, 0.3) is 0 Å². The van der Waals surface area contributed by atoms with Crippen molar-refractivity contribution in [2.75, 3.05) is 33.7 Å². The highest BCUT2D eigenvalue weighted by Gasteiger charge is 2.34. The quantitative estimate of drug-likeness (QED) is 0.916. The van der Waals surface area contributed by atoms with Gasteiger partial charge in [0, 0.05) is 31.7 Å². The van der Waals surface area contributed by atoms with Gasteiger partial charge in [-0.3, -0.25) is 4.90 Å². The number of H-pyrrole nitrogens is 1. The van der Waals surface area contributed by atoms with E-state index in [4.69, 9.17) is 0 Å². The molecule has 130 valence electrons. The van der Waals surface area contributed by atoms with Crippen molar-refractivity contribution in [3.05, 3.63) is 53.1 Å². The molecule has 1 aliphatic heterocycles. The molecule has 0 aliphatic carbocycles. The third-order valence-electron chi connectivity index (χ3n) is 4.79. The van der Waals surface area contributed by atoms with E-state index in [1.807, 2.05) is 6.33 Å². The monoisotopic (exact) mass is 326 g/mol. The number of benzene rings is 1. The van der Waals surface area contributed by atoms with Crippen LogP contribution in [0.4, 0.5) is 0 Å². The number of hydrogen-bond acceptors (Lipinski definition) is 3. The minimum atomic E-state index is 0.236. The summed E-state index contributed by atoms with van der Waals surface area (Å²) in [6, 6.07) is 9.19. The SMILES string of the molecule is Cc1ccc(C2c3nc[nH]c3CCN2CC(C)(C)CN(C)C)cc1. The smallest absolute Gasteiger partial charge is 0.0926 e. The maximum absolute atomic E-state index is 4.67. The van der Waals surface area contributed by atoms with Crippen molar-refractivity contribution in [3.8, 4) is 0 Å². The van der Waals surface area contributed by atoms with Crippen LogP contribution in [0.5, 0.6) is 0 Å². The molecule has 3 rings (SSSR count). The molecule has 1 aromatic heterocycles. The van der Waals surface area contributed by atoms with Crippen LogP contribution in [0.25, 0.3) is 0 Å². The number of aromatic amines is 1. The molecule has 2 heterocycles. The predicted octanol–water partition coefficient (Wildman–Crippen LogP) is 3.25. The number of imidazole rings is 1. The summed E-state index contributed by atoms with van der Waals surface area (Å²) < 4.78 is 0. The minimum absolute atomic E-state index is 0.236. The van der Waals surface area contributed by atoms with E-state index >= 15 is 0 Å². The standard InChI is InChI=1S/C20H30N4/c1-15-6-8-16(9-7-15)19-18-17(21-14-22-18)10-11-24(19)13-20(2,3)12-23(4)5/h6-9,14,19H,10-13H2,1-5H3,(H,21,22). The molecule has 4 heteroatoms. The topological polar surface area (TPSA) is 35.2 Å². The molecular formula is C20H30N4. The number of aromatic nitrogens is 2. The first-order chi connectivity index (χ1) is 11.4. The van der Waals surface area contributed by atoms with E-state index in [0.29, 0.717) is 0 Å². The predicted molar refractivity (Wildman–Crippen MR) is 99.2 cm³/mol. The molecule has 24 heavy (non-hydrogen) atoms. The molecule has 0 bridgehead atoms. The zero-order chi connectivity index (χ0) is 17.3. The molecule has 0 spiro atoms. The molecule has 1 N–H and O–H groups in total. The first-order valence-electron chi connectivity index (χ1n) is 8.83. The van der Waals surface area contributed by atoms with Gasteiger partial charge in [-0.05, 0) is 32.0 Å². The highest BCUT2D eigenvalue weighted by Crippen LogP contribution is 2.35. The van der Waals surface area contributed by atoms with Crippen molar-refractivity contribution >= 4 is 0 Å². The van der Waals surface area contributed by atoms with Gasteiger partial charge in [-0.15, -0.1) is 0 Å². The summed E-state index contributed by atoms with van der Waals surface area (Å²) in [6.45, 7) is 10.1. The largest absolute Gasteiger partial charge is 0.348 e. The molecule has 1 aromatic carbocycles. The molecule has 1 atom stereocenters. The average Bonchev–Trinajstić information content (AvgIpc) is 2.95. The molecule has 0 saturated carbocycles. The summed E-state index contributed by atoms with van der Waals surface area (Å²) in [5, 5.41) is 0. The van der Waals surface area contributed by atoms with Crippen molar-refractivity contribution < 1.29 is 0 Å². The van der Waals surface area contributed by atoms with Gasteiger partial charge in [-0.2, -0.15) is 0 Å². The number of nitrogens with one attached hydrogen (secondary N) is 1. The van der Waals surface area contributed by atoms with Crippen molar-refractivity contribution in [1.29, 1.82) is 0 Å². The minimum Gasteiger partial charge on any atom is -0.348 e. The van der Waals surface area contributed by atoms with Gasteiger partial charge in [0.05, 0.1) is 18.1 Å². The van der Waals surface area contributed by atoms with E-state index in [9.17, 15) is 0 Å². The van der Waals surface area contributed by atoms with E-state index < -0.39 is 0 Å². The molecule has 2 aromatic rings. The fraction of sp³-hybridized carbons (Fsp3) is 0.550. The summed E-state index contributed by atoms with van der Waals surface area (Å²) in [4.78, 5) is 12.9. The van der Waals surface area contributed by atoms with Crippen LogP contribution in [0.15, 0.2) is 30.6 Å². The number of nitrogens with zero attached hydrogens (tertiary/aromatic N) is 3. The molecule has 1 unspecified atom stereocenters. The normalized spacial score (nSPS) is 18.8. The second-order valence-electron chi connectivity index (χ2n) is 8.20. The van der Waals surface area contributed by atoms with Gasteiger partial charge in [-0.25, -0.2) is 4.98 Å². The molecule has 0 radical (unpaired) electrons. The fourth-order valence-electron chi connectivity index (χ4n) is 4.07. The van der Waals surface area contributed by atoms with Gasteiger partial charge in [0.1, 0.15) is 0 Å². The Morgan fingerprint density at radius 2 is 1.96 bits per heavy atom. The number of fused-ring (bicyclic) bond motifs is 1. The van der Waals surface area contributed by atoms with Crippen LogP contribution >= 0.6 is 0 Å². The van der Waals surface area contributed by atoms with E-state index in [-0.39, 0.29) is 11.5 Å². The average molecular weight is 326 g/mol. The van der Waals surface area contributed by atoms with Gasteiger partial charge in [0.2, 0.25) is 0 Å². The molecule has 4 nitrogen and oxygen atoms in total. The summed E-state index contributed by atoms with van der Waals surface area (Å²) in [5.41, 5.74) is 5.37. The van der Waals surface area contributed by atoms with Gasteiger partial charge in [0.15, 0.2) is 0 Å². The van der Waals surface area contributed by atoms with Crippen LogP contribution in [-0.2, 0) is 6.42 Å². The highest BCUT2D eigenvalue weighted by molar-refractivity contribution is 5.34. The van der Waals surface area contributed by atoms with Crippen LogP contribution < -0.4 is 0 Å². The third kappa shape index (κ3) is 3.70. The Hall–Kier alpha value is -1.65. The zero-order valence-corrected chi connectivity index (χ0v) is 15.6. The Kier molecular flexibility index (Phi) is 4.79. The lowest BCUT2D eigenvalue weighted by Crippen LogP contribution is -2.45. The maximum Gasteiger partial charge on any atom is 0.0926 e. The Labute approximate surface area is 145 Å². The Morgan fingerprint density at radius 3 is 2.62 bits per heavy atom. The van der Waals surface area contributed by atoms with E-state index in [0.717, 1.165) is 26.1 Å². The number of hydrogen-bond donors (Lipinski definition) is 1. The van der Waals surface area contributed by atoms with Crippen LogP contribution in [0.2, 0.25) is 0 Å². The Balaban J connectivity index is 1.91. The molecule has 0 saturated heterocycles. The second-order valence-corrected chi connectivity index (χ2v) is 8.20. The van der Waals surface area contributed by atoms with Crippen molar-refractivity contribution in [3.63, 3.8) is 0 Å². The second kappa shape index (κ2) is 6.69. The first kappa shape index (κ1) is 17.2. The molecular weight excluding hydrogens is 296 g/mol. The van der Waals surface area contributed by atoms with Crippen molar-refractivity contribution in [2.24, 2.45) is 5.41 Å². The Morgan fingerprint density at radius 1 is 1.25 bits per heavy atom. The summed E-state index contributed by atoms with van der Waals surface area (Å²) in [7, 11) is 4.31. The number of aryl methyl sites for hydroxylation is 1. The summed E-state index contributed by atoms with van der Waals surface area (Å²) in [6.07, 6.45) is 2.90. The zero-order valence-electron chi connectivity index (χ0n) is 15.6. The van der Waals surface area contributed by atoms with Gasteiger partial charge < -0.3 is 9.88 Å². The molecule has 1 aliphatic rings. The van der Waals surface area contributed by atoms with Crippen LogP contribution in [-0.4, -0.2) is 53.5 Å². The lowest BCUT2D eigenvalue weighted by atomic mass is 9.88. The fourth-order valence-corrected chi connectivity index (χ4v) is 4.07. The molecule has 0 amide bonds. The van der Waals surface area contributed by atoms with Gasteiger partial charge >= 0.3 is 0 Å². The molecule has 0 fully saturated rings. The highest BCUT2D eigenvalue weighted by atomic mass is 15.2. The number of rotatable bonds is 5. The van der Waals surface area contributed by atoms with E-state index in [1.165, 1.54) is 22.5 Å². The van der Waals surface area contributed by atoms with E-state index in [2.05, 4.69) is 78.9 Å². The lowest BCUT2D eigenvalue weighted by Gasteiger charge is -2.41. The van der Waals surface area contributed by atoms with E-state index in [1.54, 1.807) is 0 Å². The van der Waals surface area contributed by atoms with Gasteiger partial charge in [-0.1, -0.05) is 43.7 Å². The summed E-state index contributed by atoms with van der Waals surface area (Å²) >= 11 is 0. The third-order valence-corrected chi connectivity index (χ3v) is 4.79. The van der Waals surface area contributed by atoms with Crippen molar-refractivity contribution in [1.82, 2.24) is 19.8 Å².